The van der Waals surface area contributed by atoms with Gasteiger partial charge in [0.15, 0.2) is 16.4 Å². The molecule has 0 saturated carbocycles. The van der Waals surface area contributed by atoms with Crippen molar-refractivity contribution in [3.8, 4) is 0 Å². The molecule has 3 N–H and O–H groups in total. The molecule has 33 heavy (non-hydrogen) atoms. The van der Waals surface area contributed by atoms with E-state index in [9.17, 15) is 23.2 Å². The zero-order chi connectivity index (χ0) is 24.0. The molecule has 1 atom stereocenters. The predicted octanol–water partition coefficient (Wildman–Crippen LogP) is 3.50. The van der Waals surface area contributed by atoms with E-state index in [-0.39, 0.29) is 17.5 Å². The van der Waals surface area contributed by atoms with Crippen LogP contribution in [0.15, 0.2) is 47.3 Å². The molecule has 0 fully saturated rings. The fourth-order valence-corrected chi connectivity index (χ4v) is 3.79. The first kappa shape index (κ1) is 24.2. The highest BCUT2D eigenvalue weighted by atomic mass is 32.1. The Labute approximate surface area is 193 Å². The van der Waals surface area contributed by atoms with E-state index in [1.807, 2.05) is 6.07 Å². The first-order valence-corrected chi connectivity index (χ1v) is 10.9. The summed E-state index contributed by atoms with van der Waals surface area (Å²) >= 11 is 5.29. The summed E-state index contributed by atoms with van der Waals surface area (Å²) in [5.74, 6) is -3.07. The Kier molecular flexibility index (Phi) is 8.05. The van der Waals surface area contributed by atoms with Gasteiger partial charge in [0.05, 0.1) is 10.9 Å². The standard InChI is InChI=1S/C23H24F2N4O3S/c1-26-21(31)20(14-10-11-16(24)17(25)13-14)28-19(30)9-3-2-6-12-29-22(32)15-7-4-5-8-18(15)27-23(29)33/h4-5,7-8,10-11,13,20H,2-3,6,9,12H2,1H3,(H,26,31)(H,27,33)(H,28,30). The van der Waals surface area contributed by atoms with Gasteiger partial charge in [0, 0.05) is 20.0 Å². The Morgan fingerprint density at radius 2 is 1.85 bits per heavy atom. The Bertz CT molecular complexity index is 1290. The topological polar surface area (TPSA) is 96.0 Å². The minimum absolute atomic E-state index is 0.136. The number of likely N-dealkylation sites (N-methyl/N-ethyl adjacent to an activating group) is 1. The van der Waals surface area contributed by atoms with Crippen LogP contribution in [-0.4, -0.2) is 28.4 Å². The summed E-state index contributed by atoms with van der Waals surface area (Å²) in [7, 11) is 1.39. The van der Waals surface area contributed by atoms with Crippen molar-refractivity contribution in [3.63, 3.8) is 0 Å². The maximum Gasteiger partial charge on any atom is 0.262 e. The normalized spacial score (nSPS) is 11.8. The molecule has 1 unspecified atom stereocenters. The molecule has 0 spiro atoms. The first-order chi connectivity index (χ1) is 15.8. The number of benzene rings is 2. The van der Waals surface area contributed by atoms with Crippen LogP contribution in [0.4, 0.5) is 8.78 Å². The van der Waals surface area contributed by atoms with Crippen molar-refractivity contribution in [2.45, 2.75) is 38.3 Å². The second kappa shape index (κ2) is 11.0. The van der Waals surface area contributed by atoms with Gasteiger partial charge in [-0.1, -0.05) is 24.6 Å². The molecule has 0 bridgehead atoms. The highest BCUT2D eigenvalue weighted by molar-refractivity contribution is 7.71. The van der Waals surface area contributed by atoms with Crippen LogP contribution >= 0.6 is 12.2 Å². The molecule has 0 radical (unpaired) electrons. The van der Waals surface area contributed by atoms with E-state index in [4.69, 9.17) is 12.2 Å². The lowest BCUT2D eigenvalue weighted by Gasteiger charge is -2.18. The molecular weight excluding hydrogens is 450 g/mol. The fourth-order valence-electron chi connectivity index (χ4n) is 3.50. The second-order valence-corrected chi connectivity index (χ2v) is 7.92. The summed E-state index contributed by atoms with van der Waals surface area (Å²) in [6.45, 7) is 0.413. The van der Waals surface area contributed by atoms with Crippen LogP contribution in [0.3, 0.4) is 0 Å². The van der Waals surface area contributed by atoms with Crippen LogP contribution in [-0.2, 0) is 16.1 Å². The Morgan fingerprint density at radius 1 is 1.09 bits per heavy atom. The summed E-state index contributed by atoms with van der Waals surface area (Å²) in [6.07, 6.45) is 1.93. The lowest BCUT2D eigenvalue weighted by atomic mass is 10.0. The van der Waals surface area contributed by atoms with Crippen LogP contribution in [0.2, 0.25) is 0 Å². The molecule has 1 heterocycles. The zero-order valence-electron chi connectivity index (χ0n) is 18.0. The van der Waals surface area contributed by atoms with Crippen LogP contribution in [0.5, 0.6) is 0 Å². The SMILES string of the molecule is CNC(=O)C(NC(=O)CCCCCn1c(=S)[nH]c2ccccc2c1=O)c1ccc(F)c(F)c1. The molecule has 0 aliphatic heterocycles. The molecule has 1 aromatic heterocycles. The number of nitrogens with zero attached hydrogens (tertiary/aromatic N) is 1. The number of rotatable bonds is 9. The third-order valence-electron chi connectivity index (χ3n) is 5.27. The number of fused-ring (bicyclic) bond motifs is 1. The number of hydrogen-bond donors (Lipinski definition) is 3. The lowest BCUT2D eigenvalue weighted by Crippen LogP contribution is -2.39. The number of H-pyrrole nitrogens is 1. The highest BCUT2D eigenvalue weighted by Gasteiger charge is 2.22. The van der Waals surface area contributed by atoms with Gasteiger partial charge < -0.3 is 15.6 Å². The average Bonchev–Trinajstić information content (AvgIpc) is 2.80. The van der Waals surface area contributed by atoms with Crippen LogP contribution in [0.25, 0.3) is 10.9 Å². The van der Waals surface area contributed by atoms with Gasteiger partial charge in [-0.25, -0.2) is 8.78 Å². The maximum absolute atomic E-state index is 13.6. The number of aromatic amines is 1. The Morgan fingerprint density at radius 3 is 2.58 bits per heavy atom. The molecule has 0 aliphatic rings. The van der Waals surface area contributed by atoms with Crippen LogP contribution in [0, 0.1) is 16.4 Å². The largest absolute Gasteiger partial charge is 0.357 e. The van der Waals surface area contributed by atoms with Gasteiger partial charge in [0.2, 0.25) is 11.8 Å². The van der Waals surface area contributed by atoms with Gasteiger partial charge in [-0.05, 0) is 54.9 Å². The molecule has 3 rings (SSSR count). The van der Waals surface area contributed by atoms with Gasteiger partial charge >= 0.3 is 0 Å². The van der Waals surface area contributed by atoms with Gasteiger partial charge in [0.25, 0.3) is 5.56 Å². The van der Waals surface area contributed by atoms with Crippen molar-refractivity contribution >= 4 is 34.9 Å². The van der Waals surface area contributed by atoms with E-state index in [1.165, 1.54) is 17.7 Å². The number of aromatic nitrogens is 2. The number of halogens is 2. The average molecular weight is 475 g/mol. The quantitative estimate of drug-likeness (QED) is 0.327. The Hall–Kier alpha value is -3.40. The predicted molar refractivity (Wildman–Crippen MR) is 123 cm³/mol. The molecule has 0 saturated heterocycles. The number of unbranched alkanes of at least 4 members (excludes halogenated alkanes) is 2. The van der Waals surface area contributed by atoms with Crippen molar-refractivity contribution in [2.24, 2.45) is 0 Å². The molecule has 2 aromatic carbocycles. The van der Waals surface area contributed by atoms with Crippen molar-refractivity contribution in [2.75, 3.05) is 7.05 Å². The van der Waals surface area contributed by atoms with Gasteiger partial charge in [-0.2, -0.15) is 0 Å². The fraction of sp³-hybridized carbons (Fsp3) is 0.304. The molecule has 7 nitrogen and oxygen atoms in total. The lowest BCUT2D eigenvalue weighted by molar-refractivity contribution is -0.129. The smallest absolute Gasteiger partial charge is 0.262 e. The second-order valence-electron chi connectivity index (χ2n) is 7.53. The summed E-state index contributed by atoms with van der Waals surface area (Å²) < 4.78 is 28.6. The van der Waals surface area contributed by atoms with E-state index in [0.29, 0.717) is 41.5 Å². The van der Waals surface area contributed by atoms with Crippen LogP contribution < -0.4 is 16.2 Å². The minimum Gasteiger partial charge on any atom is -0.357 e. The van der Waals surface area contributed by atoms with E-state index in [2.05, 4.69) is 15.6 Å². The summed E-state index contributed by atoms with van der Waals surface area (Å²) in [5.41, 5.74) is 0.672. The molecule has 2 amide bonds. The van der Waals surface area contributed by atoms with E-state index in [1.54, 1.807) is 18.2 Å². The molecule has 0 aliphatic carbocycles. The van der Waals surface area contributed by atoms with Gasteiger partial charge in [-0.15, -0.1) is 0 Å². The first-order valence-electron chi connectivity index (χ1n) is 10.5. The summed E-state index contributed by atoms with van der Waals surface area (Å²) in [5, 5.41) is 5.52. The zero-order valence-corrected chi connectivity index (χ0v) is 18.8. The van der Waals surface area contributed by atoms with Crippen molar-refractivity contribution < 1.29 is 18.4 Å². The van der Waals surface area contributed by atoms with Crippen molar-refractivity contribution in [1.82, 2.24) is 20.2 Å². The van der Waals surface area contributed by atoms with E-state index >= 15 is 0 Å². The third-order valence-corrected chi connectivity index (χ3v) is 5.59. The molecule has 3 aromatic rings. The third kappa shape index (κ3) is 5.89. The van der Waals surface area contributed by atoms with Gasteiger partial charge in [0.1, 0.15) is 6.04 Å². The van der Waals surface area contributed by atoms with Gasteiger partial charge in [-0.3, -0.25) is 19.0 Å². The molecule has 10 heteroatoms. The van der Waals surface area contributed by atoms with E-state index in [0.717, 1.165) is 12.1 Å². The minimum atomic E-state index is -1.13. The monoisotopic (exact) mass is 474 g/mol. The molecular formula is C23H24F2N4O3S. The van der Waals surface area contributed by atoms with Crippen molar-refractivity contribution in [3.05, 3.63) is 74.8 Å². The number of carbonyl (C=O) groups excluding carboxylic acids is 2. The summed E-state index contributed by atoms with van der Waals surface area (Å²) in [4.78, 5) is 40.2. The number of amides is 2. The maximum atomic E-state index is 13.6. The molecule has 174 valence electrons. The van der Waals surface area contributed by atoms with Crippen LogP contribution in [0.1, 0.15) is 37.3 Å². The number of nitrogens with one attached hydrogen (secondary N) is 3. The van der Waals surface area contributed by atoms with Crippen molar-refractivity contribution in [1.29, 1.82) is 0 Å². The number of carbonyl (C=O) groups is 2. The highest BCUT2D eigenvalue weighted by Crippen LogP contribution is 2.17. The number of hydrogen-bond acceptors (Lipinski definition) is 4. The van der Waals surface area contributed by atoms with E-state index < -0.39 is 29.5 Å². The Balaban J connectivity index is 1.54. The number of para-hydroxylation sites is 1. The summed E-state index contributed by atoms with van der Waals surface area (Å²) in [6, 6.07) is 9.06.